The third kappa shape index (κ3) is 37.9. The number of nitrogens with one attached hydrogen (secondary N) is 16. The van der Waals surface area contributed by atoms with Gasteiger partial charge in [-0.05, 0) is 133 Å². The molecule has 668 valence electrons. The lowest BCUT2D eigenvalue weighted by atomic mass is 9.76. The molecule has 0 unspecified atom stereocenters. The minimum absolute atomic E-state index is 0.171. The molecule has 4 saturated carbocycles. The van der Waals surface area contributed by atoms with Crippen LogP contribution in [0.5, 0.6) is 0 Å². The van der Waals surface area contributed by atoms with E-state index in [1.54, 1.807) is 55.4 Å². The molecule has 32 N–H and O–H groups in total. The van der Waals surface area contributed by atoms with Gasteiger partial charge in [-0.2, -0.15) is 0 Å². The summed E-state index contributed by atoms with van der Waals surface area (Å²) in [7, 11) is 0. The van der Waals surface area contributed by atoms with Crippen LogP contribution in [0.25, 0.3) is 0 Å². The average molecular weight is 1670 g/mol. The fraction of sp³-hybridized carbons (Fsp3) is 0.692. The smallest absolute Gasteiger partial charge is 0.243 e. The summed E-state index contributed by atoms with van der Waals surface area (Å²) >= 11 is 0. The Bertz CT molecular complexity index is 3490. The standard InChI is InChI=1S/C21H38N6O4.C20H36N6O4.C19H34N6O4.C18H32N6O4/c1-13(2)17(25-15(4)28)19(30)26-16(9-8-12-24-14(3)22)18(29)27-21(20(23)31)10-6-5-7-11-21;1-12(2)16(24-14(4)27)18(29)25-15(8-7-11-23-13(3)21)17(28)26-20(19(22)30)9-5-6-10-20;1-11(2)15(23-13(4)26)17(28)24-14(7-5-10-22-12(3)20)16(27)25-19(18(21)29)8-6-9-19;1-10(2)14(22-12(4)25)16(27)23-13(6-5-9-21-11(3)19)15(26)24-18(7-8-18)17(20)28/h13,16-17,24H,3,5-12,22H2,1-2,4H3,(H2,23,31)(H,25,28)(H,26,30)(H,27,29);12,15-16,23H,3,5-11,21H2,1-2,4H3,(H2,22,30)(H,24,27)(H,25,29)(H,26,28);11,14-15,22H,3,5-10,20H2,1-2,4H3,(H2,21,29)(H,23,26)(H,24,28)(H,25,27);10,13-14,21H,3,5-9,19H2,1-2,4H3,(H2,20,28)(H,22,25)(H,23,27)(H,24,26)/t16-,17-;15-,16-;14-,15-;13-,14-/m0000/s1. The highest BCUT2D eigenvalue weighted by molar-refractivity contribution is 5.99. The summed E-state index contributed by atoms with van der Waals surface area (Å²) in [5, 5.41) is 43.7. The van der Waals surface area contributed by atoms with Crippen LogP contribution in [-0.4, -0.2) is 191 Å². The molecule has 0 saturated heterocycles. The van der Waals surface area contributed by atoms with Gasteiger partial charge in [-0.1, -0.05) is 114 Å². The second kappa shape index (κ2) is 51.2. The summed E-state index contributed by atoms with van der Waals surface area (Å²) in [6.45, 7) is 35.7. The fourth-order valence-corrected chi connectivity index (χ4v) is 13.2. The monoisotopic (exact) mass is 1670 g/mol. The molecular formula is C78H140N24O16. The Morgan fingerprint density at radius 1 is 0.263 bits per heavy atom. The maximum Gasteiger partial charge on any atom is 0.243 e. The van der Waals surface area contributed by atoms with Crippen molar-refractivity contribution >= 4 is 94.5 Å². The van der Waals surface area contributed by atoms with Gasteiger partial charge in [-0.3, -0.25) is 76.7 Å². The summed E-state index contributed by atoms with van der Waals surface area (Å²) in [6.07, 6.45) is 12.0. The van der Waals surface area contributed by atoms with Gasteiger partial charge in [0.05, 0.1) is 23.3 Å². The molecule has 0 spiro atoms. The van der Waals surface area contributed by atoms with Gasteiger partial charge >= 0.3 is 0 Å². The van der Waals surface area contributed by atoms with Crippen molar-refractivity contribution in [1.82, 2.24) is 85.1 Å². The Morgan fingerprint density at radius 2 is 0.441 bits per heavy atom. The molecule has 0 radical (unpaired) electrons. The van der Waals surface area contributed by atoms with Gasteiger partial charge in [-0.15, -0.1) is 0 Å². The van der Waals surface area contributed by atoms with E-state index in [1.165, 1.54) is 27.7 Å². The summed E-state index contributed by atoms with van der Waals surface area (Å²) < 4.78 is 0. The zero-order chi connectivity index (χ0) is 90.2. The number of amides is 16. The molecule has 4 aliphatic rings. The zero-order valence-electron chi connectivity index (χ0n) is 71.3. The highest BCUT2D eigenvalue weighted by Gasteiger charge is 2.51. The first kappa shape index (κ1) is 105. The van der Waals surface area contributed by atoms with Crippen LogP contribution in [0.15, 0.2) is 49.6 Å². The van der Waals surface area contributed by atoms with Gasteiger partial charge in [0, 0.05) is 53.9 Å². The van der Waals surface area contributed by atoms with Gasteiger partial charge in [-0.25, -0.2) is 0 Å². The van der Waals surface area contributed by atoms with Crippen LogP contribution in [-0.2, 0) is 76.7 Å². The number of hydrogen-bond acceptors (Lipinski definition) is 24. The number of carbonyl (C=O) groups is 16. The van der Waals surface area contributed by atoms with Crippen molar-refractivity contribution in [3.05, 3.63) is 49.6 Å². The van der Waals surface area contributed by atoms with Crippen molar-refractivity contribution in [3.8, 4) is 0 Å². The van der Waals surface area contributed by atoms with E-state index in [-0.39, 0.29) is 47.3 Å². The predicted molar refractivity (Wildman–Crippen MR) is 445 cm³/mol. The van der Waals surface area contributed by atoms with E-state index >= 15 is 0 Å². The minimum Gasteiger partial charge on any atom is -0.386 e. The SMILES string of the molecule is C=C(N)NCCC[C@H](NC(=O)[C@@H](NC(C)=O)C(C)C)C(=O)NC1(C(N)=O)CC1.C=C(N)NCCC[C@H](NC(=O)[C@@H](NC(C)=O)C(C)C)C(=O)NC1(C(N)=O)CCC1.C=C(N)NCCC[C@H](NC(=O)[C@@H](NC(C)=O)C(C)C)C(=O)NC1(C(N)=O)CCCC1.C=C(N)NCCC[C@H](NC(=O)[C@@H](NC(C)=O)C(C)C)C(=O)NC1(C(N)=O)CCCCC1. The first-order valence-electron chi connectivity index (χ1n) is 40.4. The molecule has 0 aromatic heterocycles. The number of primary amides is 4. The molecule has 4 aliphatic carbocycles. The average Bonchev–Trinajstić information content (AvgIpc) is 1.38. The molecule has 0 aliphatic heterocycles. The van der Waals surface area contributed by atoms with E-state index in [2.05, 4.69) is 111 Å². The molecule has 0 heterocycles. The van der Waals surface area contributed by atoms with E-state index in [0.717, 1.165) is 38.5 Å². The van der Waals surface area contributed by atoms with Crippen molar-refractivity contribution in [2.24, 2.45) is 69.5 Å². The summed E-state index contributed by atoms with van der Waals surface area (Å²) in [6, 6.07) is -6.68. The van der Waals surface area contributed by atoms with E-state index < -0.39 is 141 Å². The van der Waals surface area contributed by atoms with Crippen molar-refractivity contribution < 1.29 is 76.7 Å². The van der Waals surface area contributed by atoms with Crippen LogP contribution in [0.1, 0.15) is 224 Å². The minimum atomic E-state index is -1.10. The summed E-state index contributed by atoms with van der Waals surface area (Å²) in [5.41, 5.74) is 39.6. The number of nitrogens with two attached hydrogens (primary N) is 8. The Hall–Kier alpha value is -11.1. The predicted octanol–water partition coefficient (Wildman–Crippen LogP) is -3.40. The van der Waals surface area contributed by atoms with Crippen molar-refractivity contribution in [2.45, 2.75) is 295 Å². The van der Waals surface area contributed by atoms with E-state index in [4.69, 9.17) is 45.9 Å². The lowest BCUT2D eigenvalue weighted by molar-refractivity contribution is -0.138. The van der Waals surface area contributed by atoms with Gasteiger partial charge in [0.15, 0.2) is 0 Å². The molecular weight excluding hydrogens is 1530 g/mol. The van der Waals surface area contributed by atoms with E-state index in [9.17, 15) is 76.7 Å². The van der Waals surface area contributed by atoms with Crippen molar-refractivity contribution in [2.75, 3.05) is 26.2 Å². The lowest BCUT2D eigenvalue weighted by Crippen LogP contribution is -2.65. The second-order valence-electron chi connectivity index (χ2n) is 32.2. The molecule has 118 heavy (non-hydrogen) atoms. The Morgan fingerprint density at radius 3 is 0.585 bits per heavy atom. The second-order valence-corrected chi connectivity index (χ2v) is 32.2. The highest BCUT2D eigenvalue weighted by Crippen LogP contribution is 2.36. The topological polar surface area (TPSA) is 674 Å². The first-order valence-corrected chi connectivity index (χ1v) is 40.4. The van der Waals surface area contributed by atoms with Gasteiger partial charge in [0.2, 0.25) is 94.5 Å². The zero-order valence-corrected chi connectivity index (χ0v) is 71.3. The molecule has 40 nitrogen and oxygen atoms in total. The van der Waals surface area contributed by atoms with Crippen LogP contribution in [0.3, 0.4) is 0 Å². The third-order valence-electron chi connectivity index (χ3n) is 20.3. The van der Waals surface area contributed by atoms with Crippen LogP contribution in [0.2, 0.25) is 0 Å². The Kier molecular flexibility index (Phi) is 45.5. The maximum atomic E-state index is 13.1. The maximum absolute atomic E-state index is 13.1. The lowest BCUT2D eigenvalue weighted by Gasteiger charge is -2.40. The Labute approximate surface area is 693 Å². The van der Waals surface area contributed by atoms with Gasteiger partial charge in [0.1, 0.15) is 70.5 Å². The summed E-state index contributed by atoms with van der Waals surface area (Å²) in [5.74, 6) is -6.88. The normalized spacial score (nSPS) is 16.8. The Balaban J connectivity index is 0.000000787. The molecule has 0 bridgehead atoms. The summed E-state index contributed by atoms with van der Waals surface area (Å²) in [4.78, 5) is 196. The third-order valence-corrected chi connectivity index (χ3v) is 20.3. The number of carbonyl (C=O) groups excluding carboxylic acids is 16. The van der Waals surface area contributed by atoms with E-state index in [1.807, 2.05) is 0 Å². The molecule has 4 rings (SSSR count). The molecule has 0 aromatic carbocycles. The molecule has 0 aromatic rings. The van der Waals surface area contributed by atoms with Gasteiger partial charge in [0.25, 0.3) is 0 Å². The van der Waals surface area contributed by atoms with E-state index in [0.29, 0.717) is 152 Å². The molecule has 8 atom stereocenters. The van der Waals surface area contributed by atoms with Crippen LogP contribution < -0.4 is 131 Å². The largest absolute Gasteiger partial charge is 0.386 e. The van der Waals surface area contributed by atoms with Crippen LogP contribution >= 0.6 is 0 Å². The van der Waals surface area contributed by atoms with Crippen LogP contribution in [0.4, 0.5) is 0 Å². The first-order chi connectivity index (χ1) is 54.9. The fourth-order valence-electron chi connectivity index (χ4n) is 13.2. The molecule has 16 amide bonds. The van der Waals surface area contributed by atoms with Crippen molar-refractivity contribution in [3.63, 3.8) is 0 Å². The number of rotatable bonds is 48. The highest BCUT2D eigenvalue weighted by atomic mass is 16.2. The quantitative estimate of drug-likeness (QED) is 0.0264. The van der Waals surface area contributed by atoms with Crippen LogP contribution in [0, 0.1) is 23.7 Å². The molecule has 40 heteroatoms. The number of hydrogen-bond donors (Lipinski definition) is 24. The van der Waals surface area contributed by atoms with Gasteiger partial charge < -0.3 is 131 Å². The molecule has 4 fully saturated rings. The van der Waals surface area contributed by atoms with Crippen molar-refractivity contribution in [1.29, 1.82) is 0 Å².